The Morgan fingerprint density at radius 3 is 2.75 bits per heavy atom. The number of amides is 1. The van der Waals surface area contributed by atoms with Crippen molar-refractivity contribution in [2.45, 2.75) is 42.8 Å². The van der Waals surface area contributed by atoms with Crippen LogP contribution in [-0.2, 0) is 5.75 Å². The predicted octanol–water partition coefficient (Wildman–Crippen LogP) is 5.28. The number of fused-ring (bicyclic) bond motifs is 1. The molecule has 28 heavy (non-hydrogen) atoms. The van der Waals surface area contributed by atoms with Gasteiger partial charge in [-0.3, -0.25) is 4.79 Å². The summed E-state index contributed by atoms with van der Waals surface area (Å²) in [7, 11) is 1.94. The molecule has 0 radical (unpaired) electrons. The van der Waals surface area contributed by atoms with Crippen LogP contribution in [0.1, 0.15) is 48.2 Å². The van der Waals surface area contributed by atoms with E-state index in [1.54, 1.807) is 11.8 Å². The molecule has 2 heterocycles. The van der Waals surface area contributed by atoms with Crippen LogP contribution in [0, 0.1) is 5.92 Å². The summed E-state index contributed by atoms with van der Waals surface area (Å²) in [6.07, 6.45) is 10.5. The van der Waals surface area contributed by atoms with Crippen molar-refractivity contribution in [1.82, 2.24) is 14.3 Å². The summed E-state index contributed by atoms with van der Waals surface area (Å²) in [5.41, 5.74) is 2.78. The van der Waals surface area contributed by atoms with Crippen molar-refractivity contribution in [2.75, 3.05) is 13.6 Å². The normalized spacial score (nSPS) is 15.0. The number of pyridine rings is 1. The topological polar surface area (TPSA) is 37.6 Å². The molecule has 0 N–H and O–H groups in total. The molecule has 0 unspecified atom stereocenters. The van der Waals surface area contributed by atoms with Gasteiger partial charge in [0, 0.05) is 36.6 Å². The van der Waals surface area contributed by atoms with Crippen LogP contribution >= 0.6 is 11.8 Å². The third-order valence-electron chi connectivity index (χ3n) is 5.51. The molecule has 5 heteroatoms. The van der Waals surface area contributed by atoms with Gasteiger partial charge in [0.25, 0.3) is 5.91 Å². The number of carbonyl (C=O) groups is 1. The molecule has 146 valence electrons. The Balaban J connectivity index is 1.44. The molecule has 0 bridgehead atoms. The van der Waals surface area contributed by atoms with Crippen LogP contribution in [0.5, 0.6) is 0 Å². The number of carbonyl (C=O) groups excluding carboxylic acids is 1. The zero-order valence-electron chi connectivity index (χ0n) is 16.4. The molecule has 0 saturated heterocycles. The van der Waals surface area contributed by atoms with Gasteiger partial charge in [0.1, 0.15) is 5.65 Å². The Labute approximate surface area is 171 Å². The highest BCUT2D eigenvalue weighted by Gasteiger charge is 2.21. The maximum absolute atomic E-state index is 13.1. The van der Waals surface area contributed by atoms with Crippen LogP contribution < -0.4 is 0 Å². The van der Waals surface area contributed by atoms with E-state index in [1.807, 2.05) is 65.0 Å². The van der Waals surface area contributed by atoms with E-state index in [0.29, 0.717) is 5.92 Å². The van der Waals surface area contributed by atoms with Gasteiger partial charge in [0.15, 0.2) is 0 Å². The fraction of sp³-hybridized carbons (Fsp3) is 0.391. The highest BCUT2D eigenvalue weighted by molar-refractivity contribution is 7.98. The van der Waals surface area contributed by atoms with Gasteiger partial charge in [-0.25, -0.2) is 4.98 Å². The lowest BCUT2D eigenvalue weighted by molar-refractivity contribution is 0.0757. The van der Waals surface area contributed by atoms with E-state index in [1.165, 1.54) is 32.1 Å². The van der Waals surface area contributed by atoms with E-state index in [4.69, 9.17) is 0 Å². The zero-order chi connectivity index (χ0) is 19.3. The summed E-state index contributed by atoms with van der Waals surface area (Å²) in [6.45, 7) is 0.865. The average Bonchev–Trinajstić information content (AvgIpc) is 3.15. The lowest BCUT2D eigenvalue weighted by Gasteiger charge is -2.27. The maximum Gasteiger partial charge on any atom is 0.254 e. The minimum Gasteiger partial charge on any atom is -0.341 e. The lowest BCUT2D eigenvalue weighted by Crippen LogP contribution is -2.32. The molecule has 3 aromatic rings. The van der Waals surface area contributed by atoms with E-state index in [9.17, 15) is 4.79 Å². The molecule has 4 rings (SSSR count). The van der Waals surface area contributed by atoms with Gasteiger partial charge in [-0.2, -0.15) is 0 Å². The third-order valence-corrected chi connectivity index (χ3v) is 6.62. The second kappa shape index (κ2) is 8.82. The molecule has 0 aliphatic heterocycles. The van der Waals surface area contributed by atoms with Crippen LogP contribution in [0.25, 0.3) is 5.65 Å². The van der Waals surface area contributed by atoms with Gasteiger partial charge < -0.3 is 9.30 Å². The molecule has 1 aliphatic carbocycles. The summed E-state index contributed by atoms with van der Waals surface area (Å²) in [5.74, 6) is 1.53. The first-order valence-corrected chi connectivity index (χ1v) is 11.1. The summed E-state index contributed by atoms with van der Waals surface area (Å²) in [4.78, 5) is 20.7. The molecule has 1 aliphatic rings. The highest BCUT2D eigenvalue weighted by Crippen LogP contribution is 2.28. The van der Waals surface area contributed by atoms with Gasteiger partial charge in [-0.1, -0.05) is 37.5 Å². The van der Waals surface area contributed by atoms with Crippen LogP contribution in [0.2, 0.25) is 0 Å². The monoisotopic (exact) mass is 393 g/mol. The number of hydrogen-bond acceptors (Lipinski definition) is 3. The van der Waals surface area contributed by atoms with Crippen LogP contribution in [0.15, 0.2) is 59.8 Å². The van der Waals surface area contributed by atoms with Crippen molar-refractivity contribution in [3.05, 3.63) is 66.1 Å². The minimum atomic E-state index is 0.128. The lowest BCUT2D eigenvalue weighted by atomic mass is 9.89. The van der Waals surface area contributed by atoms with Gasteiger partial charge in [-0.05, 0) is 43.0 Å². The second-order valence-electron chi connectivity index (χ2n) is 7.67. The molecule has 2 aromatic heterocycles. The predicted molar refractivity (Wildman–Crippen MR) is 115 cm³/mol. The Morgan fingerprint density at radius 1 is 1.14 bits per heavy atom. The van der Waals surface area contributed by atoms with E-state index < -0.39 is 0 Å². The number of aromatic nitrogens is 2. The van der Waals surface area contributed by atoms with Gasteiger partial charge in [0.05, 0.1) is 11.3 Å². The number of rotatable bonds is 6. The number of thioether (sulfide) groups is 1. The second-order valence-corrected chi connectivity index (χ2v) is 8.69. The first kappa shape index (κ1) is 19.1. The quantitative estimate of drug-likeness (QED) is 0.535. The van der Waals surface area contributed by atoms with Crippen molar-refractivity contribution in [3.8, 4) is 0 Å². The average molecular weight is 394 g/mol. The molecular formula is C23H27N3OS. The van der Waals surface area contributed by atoms with Crippen molar-refractivity contribution in [1.29, 1.82) is 0 Å². The maximum atomic E-state index is 13.1. The van der Waals surface area contributed by atoms with Crippen LogP contribution in [0.3, 0.4) is 0 Å². The summed E-state index contributed by atoms with van der Waals surface area (Å²) in [6, 6.07) is 14.0. The summed E-state index contributed by atoms with van der Waals surface area (Å²) < 4.78 is 2.03. The van der Waals surface area contributed by atoms with Crippen LogP contribution in [0.4, 0.5) is 0 Å². The molecule has 1 amide bonds. The molecular weight excluding hydrogens is 366 g/mol. The Hall–Kier alpha value is -2.27. The largest absolute Gasteiger partial charge is 0.341 e. The molecule has 0 atom stereocenters. The fourth-order valence-corrected chi connectivity index (χ4v) is 4.95. The Kier molecular flexibility index (Phi) is 6.01. The number of nitrogens with zero attached hydrogens (tertiary/aromatic N) is 3. The van der Waals surface area contributed by atoms with E-state index in [2.05, 4.69) is 11.2 Å². The third kappa shape index (κ3) is 4.41. The first-order valence-electron chi connectivity index (χ1n) is 10.1. The van der Waals surface area contributed by atoms with Crippen LogP contribution in [-0.4, -0.2) is 33.8 Å². The van der Waals surface area contributed by atoms with Crippen molar-refractivity contribution < 1.29 is 4.79 Å². The molecule has 1 saturated carbocycles. The van der Waals surface area contributed by atoms with Crippen molar-refractivity contribution in [2.24, 2.45) is 5.92 Å². The molecule has 1 aromatic carbocycles. The standard InChI is InChI=1S/C23H27N3OS/c1-25(15-18-9-3-2-4-10-18)23(27)20-11-5-6-12-21(20)28-17-19-16-26-14-8-7-13-22(26)24-19/h5-8,11-14,16,18H,2-4,9-10,15,17H2,1H3. The molecule has 0 spiro atoms. The summed E-state index contributed by atoms with van der Waals surface area (Å²) >= 11 is 1.68. The summed E-state index contributed by atoms with van der Waals surface area (Å²) in [5, 5.41) is 0. The number of benzene rings is 1. The van der Waals surface area contributed by atoms with Crippen molar-refractivity contribution >= 4 is 23.3 Å². The van der Waals surface area contributed by atoms with E-state index in [-0.39, 0.29) is 5.91 Å². The highest BCUT2D eigenvalue weighted by atomic mass is 32.2. The van der Waals surface area contributed by atoms with Crippen molar-refractivity contribution in [3.63, 3.8) is 0 Å². The zero-order valence-corrected chi connectivity index (χ0v) is 17.2. The minimum absolute atomic E-state index is 0.128. The smallest absolute Gasteiger partial charge is 0.254 e. The van der Waals surface area contributed by atoms with E-state index in [0.717, 1.165) is 34.1 Å². The molecule has 1 fully saturated rings. The number of hydrogen-bond donors (Lipinski definition) is 0. The Bertz CT molecular complexity index is 913. The van der Waals surface area contributed by atoms with Gasteiger partial charge >= 0.3 is 0 Å². The Morgan fingerprint density at radius 2 is 1.93 bits per heavy atom. The molecule has 4 nitrogen and oxygen atoms in total. The van der Waals surface area contributed by atoms with Gasteiger partial charge in [0.2, 0.25) is 0 Å². The van der Waals surface area contributed by atoms with Gasteiger partial charge in [-0.15, -0.1) is 11.8 Å². The SMILES string of the molecule is CN(CC1CCCCC1)C(=O)c1ccccc1SCc1cn2ccccc2n1. The fourth-order valence-electron chi connectivity index (χ4n) is 4.02. The first-order chi connectivity index (χ1) is 13.7. The van der Waals surface area contributed by atoms with E-state index >= 15 is 0 Å². The number of imidazole rings is 1.